The minimum atomic E-state index is -4.15. The number of carbonyl (C=O) groups excluding carboxylic acids is 2. The molecule has 232 valence electrons. The SMILES string of the molecule is CC[C@H](C)NC(=O)[C@H](CC)N(Cc1ccc(Cl)cc1Cl)C(=O)CN(c1ccc(C(C)C)cc1)S(=O)(=O)c1ccc(C)cc1. The summed E-state index contributed by atoms with van der Waals surface area (Å²) in [5.74, 6) is -0.614. The van der Waals surface area contributed by atoms with Crippen LogP contribution in [0.25, 0.3) is 0 Å². The Bertz CT molecular complexity index is 1510. The van der Waals surface area contributed by atoms with Crippen molar-refractivity contribution >= 4 is 50.7 Å². The fourth-order valence-electron chi connectivity index (χ4n) is 4.59. The van der Waals surface area contributed by atoms with Crippen molar-refractivity contribution in [1.29, 1.82) is 0 Å². The molecule has 0 radical (unpaired) electrons. The second-order valence-corrected chi connectivity index (χ2v) is 13.8. The molecular weight excluding hydrogens is 605 g/mol. The van der Waals surface area contributed by atoms with Gasteiger partial charge in [0.1, 0.15) is 12.6 Å². The maximum atomic E-state index is 14.2. The fraction of sp³-hybridized carbons (Fsp3) is 0.394. The molecule has 2 atom stereocenters. The molecule has 0 fully saturated rings. The first kappa shape index (κ1) is 34.4. The monoisotopic (exact) mass is 645 g/mol. The van der Waals surface area contributed by atoms with Crippen LogP contribution in [0.4, 0.5) is 5.69 Å². The molecule has 3 aromatic rings. The summed E-state index contributed by atoms with van der Waals surface area (Å²) in [4.78, 5) is 29.2. The van der Waals surface area contributed by atoms with Gasteiger partial charge in [0, 0.05) is 22.6 Å². The zero-order chi connectivity index (χ0) is 31.9. The van der Waals surface area contributed by atoms with Crippen molar-refractivity contribution in [3.63, 3.8) is 0 Å². The molecule has 1 N–H and O–H groups in total. The van der Waals surface area contributed by atoms with Crippen molar-refractivity contribution in [2.24, 2.45) is 0 Å². The Balaban J connectivity index is 2.10. The van der Waals surface area contributed by atoms with Crippen LogP contribution in [0.5, 0.6) is 0 Å². The van der Waals surface area contributed by atoms with Gasteiger partial charge in [0.25, 0.3) is 10.0 Å². The van der Waals surface area contributed by atoms with Gasteiger partial charge in [0.15, 0.2) is 0 Å². The molecule has 0 spiro atoms. The molecule has 10 heteroatoms. The summed E-state index contributed by atoms with van der Waals surface area (Å²) in [6.45, 7) is 11.1. The topological polar surface area (TPSA) is 86.8 Å². The highest BCUT2D eigenvalue weighted by Crippen LogP contribution is 2.28. The standard InChI is InChI=1S/C33H41Cl2N3O4S/c1-7-24(6)36-33(40)31(8-2)37(20-26-11-14-27(34)19-30(26)35)32(39)21-38(28-15-12-25(13-16-28)22(3)4)43(41,42)29-17-9-23(5)10-18-29/h9-19,22,24,31H,7-8,20-21H2,1-6H3,(H,36,40)/t24-,31-/m0/s1. The number of halogens is 2. The van der Waals surface area contributed by atoms with Crippen LogP contribution in [-0.4, -0.2) is 43.8 Å². The zero-order valence-corrected chi connectivity index (χ0v) is 27.9. The number of rotatable bonds is 13. The lowest BCUT2D eigenvalue weighted by Crippen LogP contribution is -2.53. The summed E-state index contributed by atoms with van der Waals surface area (Å²) >= 11 is 12.6. The van der Waals surface area contributed by atoms with Crippen LogP contribution in [0, 0.1) is 6.92 Å². The molecule has 7 nitrogen and oxygen atoms in total. The van der Waals surface area contributed by atoms with E-state index in [2.05, 4.69) is 19.2 Å². The summed E-state index contributed by atoms with van der Waals surface area (Å²) < 4.78 is 29.2. The average Bonchev–Trinajstić information content (AvgIpc) is 2.96. The molecule has 0 heterocycles. The summed E-state index contributed by atoms with van der Waals surface area (Å²) in [6.07, 6.45) is 1.03. The van der Waals surface area contributed by atoms with E-state index in [0.29, 0.717) is 34.1 Å². The van der Waals surface area contributed by atoms with E-state index in [-0.39, 0.29) is 29.3 Å². The predicted octanol–water partition coefficient (Wildman–Crippen LogP) is 7.34. The minimum absolute atomic E-state index is 0.00796. The van der Waals surface area contributed by atoms with Gasteiger partial charge in [0.2, 0.25) is 11.8 Å². The zero-order valence-electron chi connectivity index (χ0n) is 25.6. The molecule has 0 aromatic heterocycles. The van der Waals surface area contributed by atoms with Crippen molar-refractivity contribution in [3.8, 4) is 0 Å². The van der Waals surface area contributed by atoms with Crippen molar-refractivity contribution in [2.75, 3.05) is 10.8 Å². The molecular formula is C33H41Cl2N3O4S. The maximum absolute atomic E-state index is 14.2. The Hall–Kier alpha value is -3.07. The van der Waals surface area contributed by atoms with E-state index in [1.807, 2.05) is 39.8 Å². The lowest BCUT2D eigenvalue weighted by molar-refractivity contribution is -0.140. The molecule has 0 aliphatic rings. The normalized spacial score (nSPS) is 13.0. The lowest BCUT2D eigenvalue weighted by Gasteiger charge is -2.34. The second-order valence-electron chi connectivity index (χ2n) is 11.1. The van der Waals surface area contributed by atoms with Crippen LogP contribution in [0.1, 0.15) is 70.1 Å². The van der Waals surface area contributed by atoms with E-state index in [4.69, 9.17) is 23.2 Å². The third-order valence-electron chi connectivity index (χ3n) is 7.48. The first-order valence-corrected chi connectivity index (χ1v) is 16.7. The van der Waals surface area contributed by atoms with Gasteiger partial charge in [-0.05, 0) is 80.1 Å². The molecule has 0 saturated heterocycles. The summed E-state index contributed by atoms with van der Waals surface area (Å²) in [5, 5.41) is 3.75. The predicted molar refractivity (Wildman–Crippen MR) is 175 cm³/mol. The van der Waals surface area contributed by atoms with Gasteiger partial charge in [-0.15, -0.1) is 0 Å². The van der Waals surface area contributed by atoms with E-state index in [1.165, 1.54) is 17.0 Å². The van der Waals surface area contributed by atoms with Crippen molar-refractivity contribution < 1.29 is 18.0 Å². The van der Waals surface area contributed by atoms with Gasteiger partial charge in [-0.25, -0.2) is 8.42 Å². The number of hydrogen-bond donors (Lipinski definition) is 1. The van der Waals surface area contributed by atoms with E-state index in [9.17, 15) is 18.0 Å². The molecule has 0 aliphatic carbocycles. The van der Waals surface area contributed by atoms with Crippen LogP contribution in [0.2, 0.25) is 10.0 Å². The molecule has 0 bridgehead atoms. The number of carbonyl (C=O) groups is 2. The Morgan fingerprint density at radius 1 is 0.884 bits per heavy atom. The van der Waals surface area contributed by atoms with Crippen molar-refractivity contribution in [2.45, 2.75) is 83.8 Å². The van der Waals surface area contributed by atoms with Gasteiger partial charge < -0.3 is 10.2 Å². The molecule has 0 saturated carbocycles. The largest absolute Gasteiger partial charge is 0.352 e. The van der Waals surface area contributed by atoms with Gasteiger partial charge in [-0.3, -0.25) is 13.9 Å². The van der Waals surface area contributed by atoms with Gasteiger partial charge in [0.05, 0.1) is 10.6 Å². The van der Waals surface area contributed by atoms with Gasteiger partial charge in [-0.2, -0.15) is 0 Å². The highest BCUT2D eigenvalue weighted by atomic mass is 35.5. The third kappa shape index (κ3) is 8.74. The van der Waals surface area contributed by atoms with Gasteiger partial charge in [-0.1, -0.05) is 86.8 Å². The Morgan fingerprint density at radius 2 is 1.51 bits per heavy atom. The van der Waals surface area contributed by atoms with Crippen LogP contribution < -0.4 is 9.62 Å². The lowest BCUT2D eigenvalue weighted by atomic mass is 10.0. The Morgan fingerprint density at radius 3 is 2.05 bits per heavy atom. The quantitative estimate of drug-likeness (QED) is 0.211. The molecule has 43 heavy (non-hydrogen) atoms. The maximum Gasteiger partial charge on any atom is 0.264 e. The first-order chi connectivity index (χ1) is 20.3. The van der Waals surface area contributed by atoms with Crippen molar-refractivity contribution in [3.05, 3.63) is 93.5 Å². The molecule has 3 aromatic carbocycles. The molecule has 0 unspecified atom stereocenters. The van der Waals surface area contributed by atoms with Crippen LogP contribution in [0.15, 0.2) is 71.6 Å². The highest BCUT2D eigenvalue weighted by Gasteiger charge is 2.34. The number of nitrogens with zero attached hydrogens (tertiary/aromatic N) is 2. The van der Waals surface area contributed by atoms with E-state index < -0.39 is 28.5 Å². The number of nitrogens with one attached hydrogen (secondary N) is 1. The van der Waals surface area contributed by atoms with Gasteiger partial charge >= 0.3 is 0 Å². The second kappa shape index (κ2) is 15.1. The number of anilines is 1. The number of benzene rings is 3. The Kier molecular flexibility index (Phi) is 12.1. The third-order valence-corrected chi connectivity index (χ3v) is 9.85. The minimum Gasteiger partial charge on any atom is -0.352 e. The number of amides is 2. The molecule has 3 rings (SSSR count). The van der Waals surface area contributed by atoms with Crippen LogP contribution in [0.3, 0.4) is 0 Å². The summed E-state index contributed by atoms with van der Waals surface area (Å²) in [5.41, 5.74) is 2.88. The van der Waals surface area contributed by atoms with Crippen LogP contribution in [-0.2, 0) is 26.2 Å². The van der Waals surface area contributed by atoms with E-state index in [0.717, 1.165) is 15.4 Å². The summed E-state index contributed by atoms with van der Waals surface area (Å²) in [6, 6.07) is 17.6. The Labute approximate surface area is 266 Å². The summed E-state index contributed by atoms with van der Waals surface area (Å²) in [7, 11) is -4.15. The fourth-order valence-corrected chi connectivity index (χ4v) is 6.47. The van der Waals surface area contributed by atoms with E-state index >= 15 is 0 Å². The number of sulfonamides is 1. The smallest absolute Gasteiger partial charge is 0.264 e. The highest BCUT2D eigenvalue weighted by molar-refractivity contribution is 7.92. The van der Waals surface area contributed by atoms with Crippen molar-refractivity contribution in [1.82, 2.24) is 10.2 Å². The molecule has 0 aliphatic heterocycles. The number of aryl methyl sites for hydroxylation is 1. The number of hydrogen-bond acceptors (Lipinski definition) is 4. The van der Waals surface area contributed by atoms with Crippen LogP contribution >= 0.6 is 23.2 Å². The van der Waals surface area contributed by atoms with E-state index in [1.54, 1.807) is 42.5 Å². The molecule has 2 amide bonds. The first-order valence-electron chi connectivity index (χ1n) is 14.5. The average molecular weight is 647 g/mol.